The summed E-state index contributed by atoms with van der Waals surface area (Å²) in [6, 6.07) is 0. The predicted molar refractivity (Wildman–Crippen MR) is 243 cm³/mol. The summed E-state index contributed by atoms with van der Waals surface area (Å²) in [6.45, 7) is 42.9. The molecule has 0 aliphatic heterocycles. The Balaban J connectivity index is -0.000000644. The van der Waals surface area contributed by atoms with Crippen LogP contribution >= 0.6 is 0 Å². The Hall–Kier alpha value is -0.160. The zero-order valence-electron chi connectivity index (χ0n) is 40.4. The van der Waals surface area contributed by atoms with Crippen molar-refractivity contribution in [2.45, 2.75) is 226 Å². The fraction of sp³-hybridized carbons (Fsp3) is 1.00. The van der Waals surface area contributed by atoms with E-state index in [-0.39, 0.29) is 0 Å². The molecule has 0 aromatic carbocycles. The standard InChI is InChI=1S/C14H28O.3C12H26O/c1-11(2)5-6-13-9-14(10-13)15-8-7-12(3)4;1-11(2)7-5-9-13-10-6-8-12(3)4;2*1-11(2)7-5-6-9-13-10-8-12(3)4/h11-14H,5-10H2,1-4H3;3*11-12H,5-10H2,1-4H3. The Morgan fingerprint density at radius 2 is 0.611 bits per heavy atom. The molecule has 0 atom stereocenters. The van der Waals surface area contributed by atoms with Gasteiger partial charge in [-0.1, -0.05) is 149 Å². The minimum Gasteiger partial charge on any atom is -0.381 e. The summed E-state index contributed by atoms with van der Waals surface area (Å²) in [5.74, 6) is 7.49. The molecule has 0 amide bonds. The van der Waals surface area contributed by atoms with E-state index in [0.717, 1.165) is 99.5 Å². The van der Waals surface area contributed by atoms with E-state index in [1.54, 1.807) is 0 Å². The molecule has 4 nitrogen and oxygen atoms in total. The molecule has 1 aliphatic rings. The van der Waals surface area contributed by atoms with E-state index in [2.05, 4.69) is 111 Å². The highest BCUT2D eigenvalue weighted by molar-refractivity contribution is 4.80. The highest BCUT2D eigenvalue weighted by Gasteiger charge is 2.29. The first kappa shape index (κ1) is 58.2. The van der Waals surface area contributed by atoms with Gasteiger partial charge in [0.2, 0.25) is 0 Å². The average Bonchev–Trinajstić information content (AvgIpc) is 3.04. The molecule has 0 bridgehead atoms. The number of rotatable bonds is 31. The fourth-order valence-corrected chi connectivity index (χ4v) is 5.73. The van der Waals surface area contributed by atoms with Gasteiger partial charge >= 0.3 is 0 Å². The summed E-state index contributed by atoms with van der Waals surface area (Å²) in [5.41, 5.74) is 0. The molecule has 0 heterocycles. The summed E-state index contributed by atoms with van der Waals surface area (Å²) in [5, 5.41) is 0. The van der Waals surface area contributed by atoms with Crippen LogP contribution in [0.25, 0.3) is 0 Å². The van der Waals surface area contributed by atoms with Crippen molar-refractivity contribution in [1.82, 2.24) is 0 Å². The van der Waals surface area contributed by atoms with Crippen LogP contribution in [-0.4, -0.2) is 52.4 Å². The van der Waals surface area contributed by atoms with Crippen LogP contribution in [0, 0.1) is 53.3 Å². The van der Waals surface area contributed by atoms with Gasteiger partial charge in [-0.05, 0) is 124 Å². The lowest BCUT2D eigenvalue weighted by molar-refractivity contribution is -0.0369. The quantitative estimate of drug-likeness (QED) is 0.0658. The van der Waals surface area contributed by atoms with Crippen molar-refractivity contribution in [2.75, 3.05) is 46.2 Å². The van der Waals surface area contributed by atoms with Crippen molar-refractivity contribution < 1.29 is 18.9 Å². The molecular formula is C50H106O4. The smallest absolute Gasteiger partial charge is 0.0580 e. The van der Waals surface area contributed by atoms with Crippen LogP contribution in [-0.2, 0) is 18.9 Å². The van der Waals surface area contributed by atoms with E-state index in [1.807, 2.05) is 0 Å². The monoisotopic (exact) mass is 771 g/mol. The van der Waals surface area contributed by atoms with Crippen molar-refractivity contribution in [2.24, 2.45) is 53.3 Å². The van der Waals surface area contributed by atoms with Crippen LogP contribution in [0.5, 0.6) is 0 Å². The molecule has 1 fully saturated rings. The van der Waals surface area contributed by atoms with Gasteiger partial charge in [-0.15, -0.1) is 0 Å². The third kappa shape index (κ3) is 56.2. The third-order valence-corrected chi connectivity index (χ3v) is 9.85. The first-order valence-corrected chi connectivity index (χ1v) is 23.8. The van der Waals surface area contributed by atoms with Crippen LogP contribution in [0.15, 0.2) is 0 Å². The molecule has 0 saturated heterocycles. The maximum Gasteiger partial charge on any atom is 0.0580 e. The average molecular weight is 771 g/mol. The molecule has 54 heavy (non-hydrogen) atoms. The lowest BCUT2D eigenvalue weighted by Crippen LogP contribution is -2.32. The second kappa shape index (κ2) is 42.4. The van der Waals surface area contributed by atoms with E-state index in [9.17, 15) is 0 Å². The number of hydrogen-bond donors (Lipinski definition) is 0. The minimum absolute atomic E-state index is 0.598. The van der Waals surface area contributed by atoms with Gasteiger partial charge in [0, 0.05) is 46.2 Å². The molecule has 1 rings (SSSR count). The van der Waals surface area contributed by atoms with Crippen molar-refractivity contribution >= 4 is 0 Å². The zero-order chi connectivity index (χ0) is 41.6. The summed E-state index contributed by atoms with van der Waals surface area (Å²) in [7, 11) is 0. The van der Waals surface area contributed by atoms with Crippen LogP contribution < -0.4 is 0 Å². The van der Waals surface area contributed by atoms with Gasteiger partial charge in [0.25, 0.3) is 0 Å². The highest BCUT2D eigenvalue weighted by Crippen LogP contribution is 2.34. The van der Waals surface area contributed by atoms with Gasteiger partial charge in [0.05, 0.1) is 6.10 Å². The molecule has 0 radical (unpaired) electrons. The first-order valence-electron chi connectivity index (χ1n) is 23.8. The van der Waals surface area contributed by atoms with Crippen LogP contribution in [0.3, 0.4) is 0 Å². The van der Waals surface area contributed by atoms with Crippen molar-refractivity contribution in [1.29, 1.82) is 0 Å². The van der Waals surface area contributed by atoms with Crippen LogP contribution in [0.1, 0.15) is 220 Å². The summed E-state index contributed by atoms with van der Waals surface area (Å²) in [6.07, 6.45) is 22.5. The maximum absolute atomic E-state index is 5.83. The fourth-order valence-electron chi connectivity index (χ4n) is 5.73. The molecule has 0 aromatic rings. The van der Waals surface area contributed by atoms with E-state index in [0.29, 0.717) is 6.10 Å². The van der Waals surface area contributed by atoms with Gasteiger partial charge in [-0.25, -0.2) is 0 Å². The van der Waals surface area contributed by atoms with Crippen LogP contribution in [0.2, 0.25) is 0 Å². The molecule has 330 valence electrons. The summed E-state index contributed by atoms with van der Waals surface area (Å²) < 4.78 is 22.4. The molecule has 0 N–H and O–H groups in total. The van der Waals surface area contributed by atoms with E-state index in [1.165, 1.54) is 109 Å². The molecular weight excluding hydrogens is 665 g/mol. The predicted octanol–water partition coefficient (Wildman–Crippen LogP) is 15.9. The minimum atomic E-state index is 0.598. The SMILES string of the molecule is CC(C)CCCCOCCC(C)C.CC(C)CCCCOCCC(C)C.CC(C)CCCOCCCC(C)C.CC(C)CCOC1CC(CCC(C)C)C1. The van der Waals surface area contributed by atoms with Crippen molar-refractivity contribution in [3.63, 3.8) is 0 Å². The number of unbranched alkanes of at least 4 members (excludes halogenated alkanes) is 2. The van der Waals surface area contributed by atoms with E-state index >= 15 is 0 Å². The van der Waals surface area contributed by atoms with Gasteiger partial charge < -0.3 is 18.9 Å². The normalized spacial score (nSPS) is 15.6. The molecule has 0 aromatic heterocycles. The molecule has 0 unspecified atom stereocenters. The lowest BCUT2D eigenvalue weighted by atomic mass is 9.78. The van der Waals surface area contributed by atoms with E-state index < -0.39 is 0 Å². The Kier molecular flexibility index (Phi) is 45.7. The van der Waals surface area contributed by atoms with Gasteiger partial charge in [-0.3, -0.25) is 0 Å². The molecule has 1 saturated carbocycles. The summed E-state index contributed by atoms with van der Waals surface area (Å²) >= 11 is 0. The van der Waals surface area contributed by atoms with Gasteiger partial charge in [-0.2, -0.15) is 0 Å². The Morgan fingerprint density at radius 1 is 0.315 bits per heavy atom. The second-order valence-electron chi connectivity index (χ2n) is 20.0. The number of hydrogen-bond acceptors (Lipinski definition) is 4. The highest BCUT2D eigenvalue weighted by atomic mass is 16.5. The molecule has 1 aliphatic carbocycles. The number of ether oxygens (including phenoxy) is 4. The zero-order valence-corrected chi connectivity index (χ0v) is 40.4. The molecule has 0 spiro atoms. The van der Waals surface area contributed by atoms with Gasteiger partial charge in [0.1, 0.15) is 0 Å². The van der Waals surface area contributed by atoms with E-state index in [4.69, 9.17) is 18.9 Å². The largest absolute Gasteiger partial charge is 0.381 e. The Labute approximate surface area is 343 Å². The lowest BCUT2D eigenvalue weighted by Gasteiger charge is -2.35. The second-order valence-corrected chi connectivity index (χ2v) is 20.0. The van der Waals surface area contributed by atoms with Crippen LogP contribution in [0.4, 0.5) is 0 Å². The van der Waals surface area contributed by atoms with Gasteiger partial charge in [0.15, 0.2) is 0 Å². The molecule has 4 heteroatoms. The van der Waals surface area contributed by atoms with Crippen molar-refractivity contribution in [3.8, 4) is 0 Å². The summed E-state index contributed by atoms with van der Waals surface area (Å²) in [4.78, 5) is 0. The topological polar surface area (TPSA) is 36.9 Å². The Morgan fingerprint density at radius 3 is 0.963 bits per heavy atom. The Bertz CT molecular complexity index is 580. The maximum atomic E-state index is 5.83. The third-order valence-electron chi connectivity index (χ3n) is 9.85. The van der Waals surface area contributed by atoms with Crippen molar-refractivity contribution in [3.05, 3.63) is 0 Å². The first-order chi connectivity index (χ1) is 25.5.